The maximum Gasteiger partial charge on any atom is 0.319 e. The summed E-state index contributed by atoms with van der Waals surface area (Å²) in [6.45, 7) is 5.00. The second kappa shape index (κ2) is 11.6. The molecule has 2 saturated heterocycles. The Hall–Kier alpha value is -2.77. The largest absolute Gasteiger partial charge is 0.375 e. The van der Waals surface area contributed by atoms with Crippen LogP contribution in [0.2, 0.25) is 0 Å². The fraction of sp³-hybridized carbons (Fsp3) is 0.481. The second-order valence-corrected chi connectivity index (χ2v) is 9.49. The minimum atomic E-state index is -0.283. The van der Waals surface area contributed by atoms with Gasteiger partial charge in [-0.25, -0.2) is 9.18 Å². The molecule has 3 atom stereocenters. The molecule has 2 aliphatic heterocycles. The summed E-state index contributed by atoms with van der Waals surface area (Å²) >= 11 is 0. The number of nitrogens with one attached hydrogen (secondary N) is 2. The fourth-order valence-corrected chi connectivity index (χ4v) is 5.03. The van der Waals surface area contributed by atoms with Gasteiger partial charge in [-0.05, 0) is 81.3 Å². The van der Waals surface area contributed by atoms with Crippen LogP contribution >= 0.6 is 0 Å². The lowest BCUT2D eigenvalue weighted by Gasteiger charge is -2.39. The SMILES string of the molecule is CC(=O)c1cccc(NC(=O)N[C@@H]2CCCO[C@H]2CN2CCC[C@@H](Cc3ccc(F)cc3)C2)c1. The summed E-state index contributed by atoms with van der Waals surface area (Å²) in [5.41, 5.74) is 2.34. The molecule has 34 heavy (non-hydrogen) atoms. The lowest BCUT2D eigenvalue weighted by molar-refractivity contribution is -0.0306. The average Bonchev–Trinajstić information content (AvgIpc) is 2.82. The molecule has 182 valence electrons. The predicted octanol–water partition coefficient (Wildman–Crippen LogP) is 4.65. The number of rotatable bonds is 7. The second-order valence-electron chi connectivity index (χ2n) is 9.49. The molecule has 6 nitrogen and oxygen atoms in total. The molecule has 0 saturated carbocycles. The summed E-state index contributed by atoms with van der Waals surface area (Å²) < 4.78 is 19.3. The number of benzene rings is 2. The Kier molecular flexibility index (Phi) is 8.29. The summed E-state index contributed by atoms with van der Waals surface area (Å²) in [7, 11) is 0. The van der Waals surface area contributed by atoms with E-state index >= 15 is 0 Å². The molecule has 0 spiro atoms. The number of Topliss-reactive ketones (excluding diaryl/α,β-unsaturated/α-hetero) is 1. The van der Waals surface area contributed by atoms with Crippen molar-refractivity contribution in [3.8, 4) is 0 Å². The maximum atomic E-state index is 13.2. The highest BCUT2D eigenvalue weighted by Gasteiger charge is 2.31. The van der Waals surface area contributed by atoms with E-state index < -0.39 is 0 Å². The number of nitrogens with zero attached hydrogens (tertiary/aromatic N) is 1. The lowest BCUT2D eigenvalue weighted by atomic mass is 9.90. The first-order valence-electron chi connectivity index (χ1n) is 12.2. The monoisotopic (exact) mass is 467 g/mol. The highest BCUT2D eigenvalue weighted by atomic mass is 19.1. The minimum Gasteiger partial charge on any atom is -0.375 e. The van der Waals surface area contributed by atoms with E-state index in [1.165, 1.54) is 31.0 Å². The fourth-order valence-electron chi connectivity index (χ4n) is 5.03. The smallest absolute Gasteiger partial charge is 0.319 e. The van der Waals surface area contributed by atoms with Crippen LogP contribution in [0.25, 0.3) is 0 Å². The van der Waals surface area contributed by atoms with Crippen molar-refractivity contribution in [1.82, 2.24) is 10.2 Å². The van der Waals surface area contributed by atoms with Crippen LogP contribution in [0.4, 0.5) is 14.9 Å². The first-order chi connectivity index (χ1) is 16.5. The van der Waals surface area contributed by atoms with Crippen LogP contribution in [0, 0.1) is 11.7 Å². The van der Waals surface area contributed by atoms with Crippen molar-refractivity contribution in [3.05, 3.63) is 65.5 Å². The molecule has 2 fully saturated rings. The molecule has 0 aliphatic carbocycles. The summed E-state index contributed by atoms with van der Waals surface area (Å²) in [5, 5.41) is 5.94. The molecule has 0 unspecified atom stereocenters. The van der Waals surface area contributed by atoms with Gasteiger partial charge in [0, 0.05) is 30.9 Å². The van der Waals surface area contributed by atoms with Gasteiger partial charge in [0.1, 0.15) is 5.82 Å². The number of ether oxygens (including phenoxy) is 1. The third-order valence-corrected chi connectivity index (χ3v) is 6.76. The first-order valence-corrected chi connectivity index (χ1v) is 12.2. The number of urea groups is 1. The van der Waals surface area contributed by atoms with Gasteiger partial charge < -0.3 is 20.3 Å². The van der Waals surface area contributed by atoms with Gasteiger partial charge in [-0.2, -0.15) is 0 Å². The maximum absolute atomic E-state index is 13.2. The van der Waals surface area contributed by atoms with E-state index in [1.54, 1.807) is 24.3 Å². The lowest BCUT2D eigenvalue weighted by Crippen LogP contribution is -2.53. The number of likely N-dealkylation sites (tertiary alicyclic amines) is 1. The van der Waals surface area contributed by atoms with E-state index in [1.807, 2.05) is 12.1 Å². The highest BCUT2D eigenvalue weighted by molar-refractivity contribution is 5.96. The Labute approximate surface area is 200 Å². The van der Waals surface area contributed by atoms with Crippen LogP contribution in [0.15, 0.2) is 48.5 Å². The molecule has 7 heteroatoms. The van der Waals surface area contributed by atoms with Crippen LogP contribution in [0.3, 0.4) is 0 Å². The Morgan fingerprint density at radius 1 is 1.12 bits per heavy atom. The molecule has 0 aromatic heterocycles. The van der Waals surface area contributed by atoms with E-state index in [0.29, 0.717) is 23.8 Å². The molecule has 2 N–H and O–H groups in total. The predicted molar refractivity (Wildman–Crippen MR) is 131 cm³/mol. The van der Waals surface area contributed by atoms with Gasteiger partial charge in [0.15, 0.2) is 5.78 Å². The molecule has 2 aromatic rings. The van der Waals surface area contributed by atoms with Gasteiger partial charge in [-0.3, -0.25) is 4.79 Å². The van der Waals surface area contributed by atoms with Gasteiger partial charge >= 0.3 is 6.03 Å². The van der Waals surface area contributed by atoms with Crippen molar-refractivity contribution in [1.29, 1.82) is 0 Å². The number of hydrogen-bond acceptors (Lipinski definition) is 4. The van der Waals surface area contributed by atoms with E-state index in [-0.39, 0.29) is 29.8 Å². The topological polar surface area (TPSA) is 70.7 Å². The quantitative estimate of drug-likeness (QED) is 0.582. The number of anilines is 1. The normalized spacial score (nSPS) is 23.3. The van der Waals surface area contributed by atoms with E-state index in [0.717, 1.165) is 45.3 Å². The van der Waals surface area contributed by atoms with Crippen molar-refractivity contribution in [2.75, 3.05) is 31.6 Å². The molecule has 2 aromatic carbocycles. The van der Waals surface area contributed by atoms with Crippen molar-refractivity contribution in [3.63, 3.8) is 0 Å². The summed E-state index contributed by atoms with van der Waals surface area (Å²) in [5.74, 6) is 0.299. The molecule has 2 aliphatic rings. The van der Waals surface area contributed by atoms with Gasteiger partial charge in [0.05, 0.1) is 12.1 Å². The Morgan fingerprint density at radius 2 is 1.94 bits per heavy atom. The standard InChI is InChI=1S/C27H34FN3O3/c1-19(32)22-6-2-7-24(16-22)29-27(33)30-25-8-4-14-34-26(25)18-31-13-3-5-21(17-31)15-20-9-11-23(28)12-10-20/h2,6-7,9-12,16,21,25-26H,3-5,8,13-15,17-18H2,1H3,(H2,29,30,33)/t21-,25+,26-/m0/s1. The third kappa shape index (κ3) is 6.87. The van der Waals surface area contributed by atoms with E-state index in [4.69, 9.17) is 4.74 Å². The Balaban J connectivity index is 1.30. The van der Waals surface area contributed by atoms with Crippen LogP contribution in [0.1, 0.15) is 48.5 Å². The average molecular weight is 468 g/mol. The van der Waals surface area contributed by atoms with Crippen LogP contribution < -0.4 is 10.6 Å². The number of halogens is 1. The number of carbonyl (C=O) groups excluding carboxylic acids is 2. The Morgan fingerprint density at radius 3 is 2.74 bits per heavy atom. The van der Waals surface area contributed by atoms with E-state index in [9.17, 15) is 14.0 Å². The number of carbonyl (C=O) groups is 2. The Bertz CT molecular complexity index is 981. The van der Waals surface area contributed by atoms with Crippen molar-refractivity contribution in [2.45, 2.75) is 51.2 Å². The number of hydrogen-bond donors (Lipinski definition) is 2. The van der Waals surface area contributed by atoms with Crippen LogP contribution in [-0.2, 0) is 11.2 Å². The van der Waals surface area contributed by atoms with Crippen molar-refractivity contribution >= 4 is 17.5 Å². The third-order valence-electron chi connectivity index (χ3n) is 6.76. The van der Waals surface area contributed by atoms with Crippen molar-refractivity contribution < 1.29 is 18.7 Å². The number of ketones is 1. The van der Waals surface area contributed by atoms with Gasteiger partial charge in [-0.1, -0.05) is 24.3 Å². The zero-order valence-electron chi connectivity index (χ0n) is 19.8. The van der Waals surface area contributed by atoms with Crippen LogP contribution in [-0.4, -0.2) is 55.1 Å². The molecular formula is C27H34FN3O3. The van der Waals surface area contributed by atoms with E-state index in [2.05, 4.69) is 15.5 Å². The van der Waals surface area contributed by atoms with Crippen LogP contribution in [0.5, 0.6) is 0 Å². The molecule has 4 rings (SSSR count). The molecular weight excluding hydrogens is 433 g/mol. The highest BCUT2D eigenvalue weighted by Crippen LogP contribution is 2.23. The summed E-state index contributed by atoms with van der Waals surface area (Å²) in [4.78, 5) is 26.7. The van der Waals surface area contributed by atoms with Gasteiger partial charge in [-0.15, -0.1) is 0 Å². The zero-order valence-corrected chi connectivity index (χ0v) is 19.8. The number of amides is 2. The molecule has 0 radical (unpaired) electrons. The van der Waals surface area contributed by atoms with Gasteiger partial charge in [0.2, 0.25) is 0 Å². The molecule has 2 amide bonds. The molecule has 2 heterocycles. The molecule has 0 bridgehead atoms. The minimum absolute atomic E-state index is 0.0379. The summed E-state index contributed by atoms with van der Waals surface area (Å²) in [6.07, 6.45) is 4.97. The van der Waals surface area contributed by atoms with Gasteiger partial charge in [0.25, 0.3) is 0 Å². The zero-order chi connectivity index (χ0) is 23.9. The number of piperidine rings is 1. The first kappa shape index (κ1) is 24.4. The van der Waals surface area contributed by atoms with Crippen molar-refractivity contribution in [2.24, 2.45) is 5.92 Å². The summed E-state index contributed by atoms with van der Waals surface area (Å²) in [6, 6.07) is 13.4.